The molecule has 0 radical (unpaired) electrons. The van der Waals surface area contributed by atoms with Crippen LogP contribution in [0.25, 0.3) is 0 Å². The molecule has 110 valence electrons. The van der Waals surface area contributed by atoms with Crippen LogP contribution in [-0.2, 0) is 11.5 Å². The van der Waals surface area contributed by atoms with Crippen molar-refractivity contribution in [1.29, 1.82) is 0 Å². The van der Waals surface area contributed by atoms with Crippen molar-refractivity contribution in [2.24, 2.45) is 0 Å². The number of rotatable bonds is 5. The zero-order valence-electron chi connectivity index (χ0n) is 12.1. The van der Waals surface area contributed by atoms with Gasteiger partial charge in [-0.2, -0.15) is 11.8 Å². The molecular formula is C16H18N2O2S. The minimum atomic E-state index is -0.391. The fraction of sp³-hybridized carbons (Fsp3) is 0.250. The molecule has 0 aliphatic rings. The lowest BCUT2D eigenvalue weighted by Crippen LogP contribution is -1.96. The molecular weight excluding hydrogens is 284 g/mol. The van der Waals surface area contributed by atoms with E-state index < -0.39 is 4.92 Å². The highest BCUT2D eigenvalue weighted by Crippen LogP contribution is 2.26. The summed E-state index contributed by atoms with van der Waals surface area (Å²) in [6.07, 6.45) is 0. The summed E-state index contributed by atoms with van der Waals surface area (Å²) in [4.78, 5) is 10.4. The smallest absolute Gasteiger partial charge is 0.269 e. The first-order chi connectivity index (χ1) is 9.95. The molecule has 0 heterocycles. The van der Waals surface area contributed by atoms with Crippen molar-refractivity contribution in [3.05, 3.63) is 68.8 Å². The molecule has 0 aliphatic heterocycles. The maximum atomic E-state index is 10.8. The highest BCUT2D eigenvalue weighted by atomic mass is 32.2. The number of benzene rings is 2. The highest BCUT2D eigenvalue weighted by molar-refractivity contribution is 7.97. The standard InChI is InChI=1S/C16H18N2O2S/c1-11-5-12(2)7-13(6-11)9-21-10-14-8-15(18(19)20)3-4-16(14)17/h3-8H,9-10,17H2,1-2H3. The maximum Gasteiger partial charge on any atom is 0.269 e. The quantitative estimate of drug-likeness (QED) is 0.510. The minimum Gasteiger partial charge on any atom is -0.398 e. The second kappa shape index (κ2) is 6.63. The number of aryl methyl sites for hydroxylation is 2. The highest BCUT2D eigenvalue weighted by Gasteiger charge is 2.09. The van der Waals surface area contributed by atoms with E-state index in [9.17, 15) is 10.1 Å². The first kappa shape index (κ1) is 15.4. The van der Waals surface area contributed by atoms with Gasteiger partial charge in [0.25, 0.3) is 5.69 Å². The molecule has 0 amide bonds. The van der Waals surface area contributed by atoms with Gasteiger partial charge in [0.2, 0.25) is 0 Å². The van der Waals surface area contributed by atoms with Crippen LogP contribution in [0.1, 0.15) is 22.3 Å². The van der Waals surface area contributed by atoms with Crippen LogP contribution in [-0.4, -0.2) is 4.92 Å². The topological polar surface area (TPSA) is 69.2 Å². The lowest BCUT2D eigenvalue weighted by atomic mass is 10.1. The van der Waals surface area contributed by atoms with Gasteiger partial charge in [-0.1, -0.05) is 29.3 Å². The Hall–Kier alpha value is -2.01. The van der Waals surface area contributed by atoms with Crippen molar-refractivity contribution in [3.8, 4) is 0 Å². The van der Waals surface area contributed by atoms with Gasteiger partial charge in [0.15, 0.2) is 0 Å². The molecule has 21 heavy (non-hydrogen) atoms. The summed E-state index contributed by atoms with van der Waals surface area (Å²) in [5.41, 5.74) is 11.2. The summed E-state index contributed by atoms with van der Waals surface area (Å²) in [5, 5.41) is 10.8. The van der Waals surface area contributed by atoms with Crippen molar-refractivity contribution in [2.75, 3.05) is 5.73 Å². The molecule has 2 aromatic carbocycles. The second-order valence-electron chi connectivity index (χ2n) is 5.13. The van der Waals surface area contributed by atoms with Crippen LogP contribution in [0.3, 0.4) is 0 Å². The van der Waals surface area contributed by atoms with Crippen molar-refractivity contribution >= 4 is 23.1 Å². The number of non-ortho nitro benzene ring substituents is 1. The van der Waals surface area contributed by atoms with Gasteiger partial charge >= 0.3 is 0 Å². The van der Waals surface area contributed by atoms with Crippen molar-refractivity contribution in [2.45, 2.75) is 25.4 Å². The van der Waals surface area contributed by atoms with Crippen LogP contribution in [0.2, 0.25) is 0 Å². The Morgan fingerprint density at radius 1 is 1.10 bits per heavy atom. The first-order valence-corrected chi connectivity index (χ1v) is 7.79. The largest absolute Gasteiger partial charge is 0.398 e. The van der Waals surface area contributed by atoms with E-state index in [2.05, 4.69) is 32.0 Å². The van der Waals surface area contributed by atoms with E-state index in [0.29, 0.717) is 11.4 Å². The van der Waals surface area contributed by atoms with Crippen LogP contribution < -0.4 is 5.73 Å². The molecule has 0 fully saturated rings. The lowest BCUT2D eigenvalue weighted by Gasteiger charge is -2.07. The molecule has 0 aliphatic carbocycles. The van der Waals surface area contributed by atoms with Gasteiger partial charge < -0.3 is 5.73 Å². The Morgan fingerprint density at radius 3 is 2.38 bits per heavy atom. The predicted molar refractivity (Wildman–Crippen MR) is 88.4 cm³/mol. The summed E-state index contributed by atoms with van der Waals surface area (Å²) < 4.78 is 0. The second-order valence-corrected chi connectivity index (χ2v) is 6.11. The van der Waals surface area contributed by atoms with Gasteiger partial charge in [-0.25, -0.2) is 0 Å². The summed E-state index contributed by atoms with van der Waals surface area (Å²) in [6.45, 7) is 4.17. The van der Waals surface area contributed by atoms with Crippen molar-refractivity contribution in [1.82, 2.24) is 0 Å². The molecule has 0 unspecified atom stereocenters. The molecule has 0 saturated heterocycles. The molecule has 2 rings (SSSR count). The number of nitrogens with two attached hydrogens (primary N) is 1. The van der Waals surface area contributed by atoms with Gasteiger partial charge in [-0.3, -0.25) is 10.1 Å². The summed E-state index contributed by atoms with van der Waals surface area (Å²) in [5.74, 6) is 1.53. The summed E-state index contributed by atoms with van der Waals surface area (Å²) >= 11 is 1.71. The van der Waals surface area contributed by atoms with Crippen LogP contribution in [0.5, 0.6) is 0 Å². The number of nitro groups is 1. The summed E-state index contributed by atoms with van der Waals surface area (Å²) in [6, 6.07) is 11.1. The number of hydrogen-bond acceptors (Lipinski definition) is 4. The molecule has 2 aromatic rings. The Kier molecular flexibility index (Phi) is 4.85. The normalized spacial score (nSPS) is 10.6. The van der Waals surface area contributed by atoms with E-state index in [1.54, 1.807) is 23.9 Å². The average Bonchev–Trinajstić information content (AvgIpc) is 2.39. The van der Waals surface area contributed by atoms with Crippen LogP contribution in [0, 0.1) is 24.0 Å². The number of nitrogen functional groups attached to an aromatic ring is 1. The van der Waals surface area contributed by atoms with Gasteiger partial charge in [0.05, 0.1) is 4.92 Å². The molecule has 0 spiro atoms. The third-order valence-corrected chi connectivity index (χ3v) is 4.20. The number of thioether (sulfide) groups is 1. The Bertz CT molecular complexity index is 651. The van der Waals surface area contributed by atoms with Gasteiger partial charge in [0, 0.05) is 29.3 Å². The van der Waals surface area contributed by atoms with E-state index >= 15 is 0 Å². The minimum absolute atomic E-state index is 0.0891. The van der Waals surface area contributed by atoms with Gasteiger partial charge in [-0.05, 0) is 31.0 Å². The van der Waals surface area contributed by atoms with Crippen LogP contribution in [0.15, 0.2) is 36.4 Å². The third-order valence-electron chi connectivity index (χ3n) is 3.15. The SMILES string of the molecule is Cc1cc(C)cc(CSCc2cc([N+](=O)[O-])ccc2N)c1. The number of hydrogen-bond donors (Lipinski definition) is 1. The zero-order chi connectivity index (χ0) is 15.4. The molecule has 4 nitrogen and oxygen atoms in total. The van der Waals surface area contributed by atoms with E-state index in [0.717, 1.165) is 11.3 Å². The molecule has 2 N–H and O–H groups in total. The molecule has 0 bridgehead atoms. The predicted octanol–water partition coefficient (Wildman–Crippen LogP) is 4.23. The van der Waals surface area contributed by atoms with Gasteiger partial charge in [-0.15, -0.1) is 0 Å². The Balaban J connectivity index is 2.03. The van der Waals surface area contributed by atoms with E-state index in [1.807, 2.05) is 0 Å². The molecule has 0 saturated carbocycles. The lowest BCUT2D eigenvalue weighted by molar-refractivity contribution is -0.384. The fourth-order valence-corrected chi connectivity index (χ4v) is 3.24. The Labute approximate surface area is 128 Å². The monoisotopic (exact) mass is 302 g/mol. The van der Waals surface area contributed by atoms with E-state index in [4.69, 9.17) is 5.73 Å². The van der Waals surface area contributed by atoms with E-state index in [1.165, 1.54) is 22.8 Å². The zero-order valence-corrected chi connectivity index (χ0v) is 12.9. The average molecular weight is 302 g/mol. The molecule has 0 atom stereocenters. The Morgan fingerprint density at radius 2 is 1.76 bits per heavy atom. The third kappa shape index (κ3) is 4.23. The van der Waals surface area contributed by atoms with Gasteiger partial charge in [0.1, 0.15) is 0 Å². The van der Waals surface area contributed by atoms with Crippen LogP contribution >= 0.6 is 11.8 Å². The maximum absolute atomic E-state index is 10.8. The van der Waals surface area contributed by atoms with E-state index in [-0.39, 0.29) is 5.69 Å². The summed E-state index contributed by atoms with van der Waals surface area (Å²) in [7, 11) is 0. The molecule has 5 heteroatoms. The number of nitro benzene ring substituents is 1. The number of anilines is 1. The van der Waals surface area contributed by atoms with Crippen molar-refractivity contribution < 1.29 is 4.92 Å². The van der Waals surface area contributed by atoms with Crippen LogP contribution in [0.4, 0.5) is 11.4 Å². The number of nitrogens with zero attached hydrogens (tertiary/aromatic N) is 1. The fourth-order valence-electron chi connectivity index (χ4n) is 2.26. The molecule has 0 aromatic heterocycles. The first-order valence-electron chi connectivity index (χ1n) is 6.63. The van der Waals surface area contributed by atoms with Crippen molar-refractivity contribution in [3.63, 3.8) is 0 Å².